The Morgan fingerprint density at radius 3 is 2.53 bits per heavy atom. The highest BCUT2D eigenvalue weighted by Gasteiger charge is 2.27. The molecule has 0 spiro atoms. The summed E-state index contributed by atoms with van der Waals surface area (Å²) in [5, 5.41) is 8.58. The zero-order valence-electron chi connectivity index (χ0n) is 11.1. The van der Waals surface area contributed by atoms with Crippen molar-refractivity contribution < 1.29 is 4.79 Å². The van der Waals surface area contributed by atoms with E-state index in [0.717, 1.165) is 18.8 Å². The van der Waals surface area contributed by atoms with Crippen LogP contribution in [0.15, 0.2) is 0 Å². The fraction of sp³-hybridized carbons (Fsp3) is 0.857. The molecular weight excluding hydrogens is 212 g/mol. The Labute approximate surface area is 105 Å². The number of hydrogen-bond donors (Lipinski definition) is 0. The van der Waals surface area contributed by atoms with E-state index in [1.54, 1.807) is 11.9 Å². The Balaban J connectivity index is 2.31. The number of carbonyl (C=O) groups is 1. The maximum atomic E-state index is 12.0. The van der Waals surface area contributed by atoms with Crippen LogP contribution in [0, 0.1) is 23.2 Å². The lowest BCUT2D eigenvalue weighted by atomic mass is 9.79. The fourth-order valence-corrected chi connectivity index (χ4v) is 2.69. The van der Waals surface area contributed by atoms with Crippen molar-refractivity contribution in [3.8, 4) is 6.07 Å². The molecule has 0 bridgehead atoms. The number of carbonyl (C=O) groups excluding carboxylic acids is 1. The van der Waals surface area contributed by atoms with Gasteiger partial charge in [-0.2, -0.15) is 5.26 Å². The highest BCUT2D eigenvalue weighted by molar-refractivity contribution is 5.78. The lowest BCUT2D eigenvalue weighted by Gasteiger charge is -2.29. The number of hydrogen-bond acceptors (Lipinski definition) is 2. The van der Waals surface area contributed by atoms with E-state index >= 15 is 0 Å². The van der Waals surface area contributed by atoms with Gasteiger partial charge in [0.1, 0.15) is 6.54 Å². The number of nitrogens with zero attached hydrogens (tertiary/aromatic N) is 2. The molecule has 1 aliphatic carbocycles. The zero-order valence-corrected chi connectivity index (χ0v) is 11.1. The van der Waals surface area contributed by atoms with Crippen molar-refractivity contribution in [1.82, 2.24) is 4.90 Å². The number of rotatable bonds is 5. The third-order valence-electron chi connectivity index (χ3n) is 3.85. The molecule has 0 aromatic carbocycles. The van der Waals surface area contributed by atoms with Gasteiger partial charge in [-0.25, -0.2) is 0 Å². The molecule has 3 nitrogen and oxygen atoms in total. The molecular formula is C14H24N2O. The van der Waals surface area contributed by atoms with Crippen LogP contribution in [0.5, 0.6) is 0 Å². The Bertz CT molecular complexity index is 274. The summed E-state index contributed by atoms with van der Waals surface area (Å²) in [4.78, 5) is 13.6. The lowest BCUT2D eigenvalue weighted by Crippen LogP contribution is -2.35. The van der Waals surface area contributed by atoms with Gasteiger partial charge < -0.3 is 4.90 Å². The second kappa shape index (κ2) is 7.32. The summed E-state index contributed by atoms with van der Waals surface area (Å²) in [5.41, 5.74) is 0. The number of nitriles is 1. The van der Waals surface area contributed by atoms with Crippen molar-refractivity contribution in [2.75, 3.05) is 13.6 Å². The maximum Gasteiger partial charge on any atom is 0.226 e. The third-order valence-corrected chi connectivity index (χ3v) is 3.85. The molecule has 0 heterocycles. The molecule has 0 atom stereocenters. The quantitative estimate of drug-likeness (QED) is 0.689. The van der Waals surface area contributed by atoms with Gasteiger partial charge in [0.2, 0.25) is 5.91 Å². The SMILES string of the molecule is CCCCC1CCC(C(=O)N(C)CC#N)CC1. The highest BCUT2D eigenvalue weighted by atomic mass is 16.2. The van der Waals surface area contributed by atoms with E-state index in [9.17, 15) is 4.79 Å². The fourth-order valence-electron chi connectivity index (χ4n) is 2.69. The van der Waals surface area contributed by atoms with Gasteiger partial charge in [0.25, 0.3) is 0 Å². The number of amides is 1. The van der Waals surface area contributed by atoms with E-state index in [4.69, 9.17) is 5.26 Å². The molecule has 0 N–H and O–H groups in total. The predicted molar refractivity (Wildman–Crippen MR) is 68.2 cm³/mol. The predicted octanol–water partition coefficient (Wildman–Crippen LogP) is 2.96. The molecule has 1 rings (SSSR count). The largest absolute Gasteiger partial charge is 0.332 e. The van der Waals surface area contributed by atoms with Crippen molar-refractivity contribution >= 4 is 5.91 Å². The average molecular weight is 236 g/mol. The van der Waals surface area contributed by atoms with Gasteiger partial charge in [0, 0.05) is 13.0 Å². The van der Waals surface area contributed by atoms with Crippen molar-refractivity contribution in [3.05, 3.63) is 0 Å². The smallest absolute Gasteiger partial charge is 0.226 e. The van der Waals surface area contributed by atoms with Crippen LogP contribution >= 0.6 is 0 Å². The van der Waals surface area contributed by atoms with Crippen molar-refractivity contribution in [2.45, 2.75) is 51.9 Å². The molecule has 96 valence electrons. The van der Waals surface area contributed by atoms with Crippen LogP contribution in [0.25, 0.3) is 0 Å². The Morgan fingerprint density at radius 1 is 1.35 bits per heavy atom. The Hall–Kier alpha value is -1.04. The molecule has 0 unspecified atom stereocenters. The first-order valence-corrected chi connectivity index (χ1v) is 6.81. The molecule has 0 aromatic rings. The first kappa shape index (κ1) is 14.0. The van der Waals surface area contributed by atoms with Gasteiger partial charge >= 0.3 is 0 Å². The molecule has 3 heteroatoms. The highest BCUT2D eigenvalue weighted by Crippen LogP contribution is 2.32. The minimum Gasteiger partial charge on any atom is -0.332 e. The van der Waals surface area contributed by atoms with Crippen LogP contribution in [-0.2, 0) is 4.79 Å². The van der Waals surface area contributed by atoms with Crippen LogP contribution in [0.3, 0.4) is 0 Å². The van der Waals surface area contributed by atoms with E-state index in [1.807, 2.05) is 6.07 Å². The van der Waals surface area contributed by atoms with E-state index in [1.165, 1.54) is 32.1 Å². The van der Waals surface area contributed by atoms with Crippen LogP contribution in [0.1, 0.15) is 51.9 Å². The summed E-state index contributed by atoms with van der Waals surface area (Å²) >= 11 is 0. The van der Waals surface area contributed by atoms with E-state index in [0.29, 0.717) is 0 Å². The van der Waals surface area contributed by atoms with Gasteiger partial charge in [-0.05, 0) is 31.6 Å². The lowest BCUT2D eigenvalue weighted by molar-refractivity contribution is -0.134. The van der Waals surface area contributed by atoms with E-state index in [2.05, 4.69) is 6.92 Å². The molecule has 1 aliphatic rings. The van der Waals surface area contributed by atoms with Gasteiger partial charge in [0.05, 0.1) is 6.07 Å². The minimum atomic E-state index is 0.167. The molecule has 0 saturated heterocycles. The van der Waals surface area contributed by atoms with Crippen LogP contribution in [0.4, 0.5) is 0 Å². The van der Waals surface area contributed by atoms with Crippen LogP contribution in [0.2, 0.25) is 0 Å². The summed E-state index contributed by atoms with van der Waals surface area (Å²) in [7, 11) is 1.73. The molecule has 0 radical (unpaired) electrons. The summed E-state index contributed by atoms with van der Waals surface area (Å²) in [6, 6.07) is 2.03. The van der Waals surface area contributed by atoms with Gasteiger partial charge in [-0.1, -0.05) is 26.2 Å². The summed E-state index contributed by atoms with van der Waals surface area (Å²) in [5.74, 6) is 1.17. The van der Waals surface area contributed by atoms with Crippen molar-refractivity contribution in [2.24, 2.45) is 11.8 Å². The summed E-state index contributed by atoms with van der Waals surface area (Å²) in [6.07, 6.45) is 8.33. The first-order valence-electron chi connectivity index (χ1n) is 6.81. The Kier molecular flexibility index (Phi) is 6.04. The molecule has 17 heavy (non-hydrogen) atoms. The van der Waals surface area contributed by atoms with Crippen molar-refractivity contribution in [3.63, 3.8) is 0 Å². The monoisotopic (exact) mass is 236 g/mol. The summed E-state index contributed by atoms with van der Waals surface area (Å²) < 4.78 is 0. The minimum absolute atomic E-state index is 0.167. The third kappa shape index (κ3) is 4.38. The van der Waals surface area contributed by atoms with Crippen LogP contribution < -0.4 is 0 Å². The van der Waals surface area contributed by atoms with Crippen molar-refractivity contribution in [1.29, 1.82) is 5.26 Å². The zero-order chi connectivity index (χ0) is 12.7. The Morgan fingerprint density at radius 2 is 2.00 bits per heavy atom. The molecule has 0 aliphatic heterocycles. The van der Waals surface area contributed by atoms with Gasteiger partial charge in [0.15, 0.2) is 0 Å². The van der Waals surface area contributed by atoms with Crippen LogP contribution in [-0.4, -0.2) is 24.4 Å². The second-order valence-corrected chi connectivity index (χ2v) is 5.21. The molecule has 1 amide bonds. The first-order chi connectivity index (χ1) is 8.19. The number of unbranched alkanes of at least 4 members (excludes halogenated alkanes) is 1. The maximum absolute atomic E-state index is 12.0. The molecule has 1 saturated carbocycles. The van der Waals surface area contributed by atoms with E-state index in [-0.39, 0.29) is 18.4 Å². The second-order valence-electron chi connectivity index (χ2n) is 5.21. The average Bonchev–Trinajstić information content (AvgIpc) is 2.36. The standard InChI is InChI=1S/C14H24N2O/c1-3-4-5-12-6-8-13(9-7-12)14(17)16(2)11-10-15/h12-13H,3-9,11H2,1-2H3. The molecule has 1 fully saturated rings. The van der Waals surface area contributed by atoms with Gasteiger partial charge in [-0.3, -0.25) is 4.79 Å². The van der Waals surface area contributed by atoms with E-state index < -0.39 is 0 Å². The normalized spacial score (nSPS) is 24.1. The molecule has 0 aromatic heterocycles. The van der Waals surface area contributed by atoms with Gasteiger partial charge in [-0.15, -0.1) is 0 Å². The summed E-state index contributed by atoms with van der Waals surface area (Å²) in [6.45, 7) is 2.45. The topological polar surface area (TPSA) is 44.1 Å².